The van der Waals surface area contributed by atoms with Crippen molar-refractivity contribution in [3.05, 3.63) is 54.0 Å². The Morgan fingerprint density at radius 2 is 1.88 bits per heavy atom. The third-order valence-electron chi connectivity index (χ3n) is 5.54. The number of guanidine groups is 1. The van der Waals surface area contributed by atoms with Gasteiger partial charge in [-0.25, -0.2) is 4.99 Å². The Labute approximate surface area is 213 Å². The van der Waals surface area contributed by atoms with Crippen molar-refractivity contribution in [2.24, 2.45) is 4.99 Å². The molecule has 1 saturated heterocycles. The van der Waals surface area contributed by atoms with Crippen molar-refractivity contribution in [1.29, 1.82) is 0 Å². The van der Waals surface area contributed by atoms with Gasteiger partial charge in [-0.05, 0) is 62.7 Å². The Morgan fingerprint density at radius 3 is 2.52 bits per heavy atom. The molecule has 1 unspecified atom stereocenters. The first-order valence-corrected chi connectivity index (χ1v) is 11.4. The van der Waals surface area contributed by atoms with E-state index >= 15 is 0 Å². The fraction of sp³-hybridized carbons (Fsp3) is 0.500. The van der Waals surface area contributed by atoms with E-state index in [1.54, 1.807) is 13.4 Å². The number of carbonyl (C=O) groups excluding carboxylic acids is 1. The fourth-order valence-corrected chi connectivity index (χ4v) is 3.81. The molecule has 1 aromatic heterocycles. The molecule has 2 heterocycles. The number of likely N-dealkylation sites (tertiary alicyclic amines) is 1. The number of piperidine rings is 1. The van der Waals surface area contributed by atoms with Crippen molar-refractivity contribution in [3.63, 3.8) is 0 Å². The molecule has 1 aromatic carbocycles. The van der Waals surface area contributed by atoms with Crippen LogP contribution in [0.15, 0.2) is 52.1 Å². The number of aliphatic imine (C=N–C) groups is 1. The van der Waals surface area contributed by atoms with Gasteiger partial charge in [0.05, 0.1) is 19.4 Å². The van der Waals surface area contributed by atoms with E-state index in [2.05, 4.69) is 25.8 Å². The van der Waals surface area contributed by atoms with E-state index in [9.17, 15) is 4.79 Å². The number of hydrogen-bond acceptors (Lipinski definition) is 5. The lowest BCUT2D eigenvalue weighted by atomic mass is 10.1. The second-order valence-corrected chi connectivity index (χ2v) is 7.83. The topological polar surface area (TPSA) is 91.1 Å². The molecular weight excluding hydrogens is 533 g/mol. The standard InChI is InChI=1S/C24H35N5O3.HI/c1-3-25-24(28-18-23(30)26-16-19-9-11-20(31-2)12-10-19)27-17-21(22-8-7-15-32-22)29-13-5-4-6-14-29;/h7-12,15,21H,3-6,13-14,16-18H2,1-2H3,(H,26,30)(H2,25,27,28);1H. The summed E-state index contributed by atoms with van der Waals surface area (Å²) in [7, 11) is 1.63. The summed E-state index contributed by atoms with van der Waals surface area (Å²) in [5.74, 6) is 2.24. The number of hydrogen-bond donors (Lipinski definition) is 3. The van der Waals surface area contributed by atoms with Crippen molar-refractivity contribution in [3.8, 4) is 5.75 Å². The van der Waals surface area contributed by atoms with Crippen molar-refractivity contribution in [2.75, 3.05) is 39.8 Å². The quantitative estimate of drug-likeness (QED) is 0.231. The largest absolute Gasteiger partial charge is 0.497 e. The van der Waals surface area contributed by atoms with Crippen LogP contribution in [0.25, 0.3) is 0 Å². The van der Waals surface area contributed by atoms with Gasteiger partial charge < -0.3 is 25.1 Å². The van der Waals surface area contributed by atoms with Crippen LogP contribution in [-0.2, 0) is 11.3 Å². The second-order valence-electron chi connectivity index (χ2n) is 7.83. The van der Waals surface area contributed by atoms with Gasteiger partial charge in [0.25, 0.3) is 0 Å². The number of furan rings is 1. The molecule has 0 saturated carbocycles. The number of nitrogens with zero attached hydrogens (tertiary/aromatic N) is 2. The van der Waals surface area contributed by atoms with Crippen molar-refractivity contribution in [1.82, 2.24) is 20.9 Å². The Balaban J connectivity index is 0.00000385. The van der Waals surface area contributed by atoms with E-state index in [1.807, 2.05) is 43.3 Å². The van der Waals surface area contributed by atoms with E-state index in [0.29, 0.717) is 25.6 Å². The number of carbonyl (C=O) groups is 1. The molecule has 2 aromatic rings. The van der Waals surface area contributed by atoms with Crippen LogP contribution in [0, 0.1) is 0 Å². The second kappa shape index (κ2) is 14.8. The van der Waals surface area contributed by atoms with Crippen LogP contribution in [-0.4, -0.2) is 56.6 Å². The molecule has 182 valence electrons. The molecule has 1 fully saturated rings. The predicted molar refractivity (Wildman–Crippen MR) is 141 cm³/mol. The van der Waals surface area contributed by atoms with Crippen molar-refractivity contribution in [2.45, 2.75) is 38.8 Å². The summed E-state index contributed by atoms with van der Waals surface area (Å²) >= 11 is 0. The third-order valence-corrected chi connectivity index (χ3v) is 5.54. The summed E-state index contributed by atoms with van der Waals surface area (Å²) in [5.41, 5.74) is 1.01. The van der Waals surface area contributed by atoms with E-state index < -0.39 is 0 Å². The molecule has 1 aliphatic rings. The summed E-state index contributed by atoms with van der Waals surface area (Å²) in [6.07, 6.45) is 5.42. The minimum absolute atomic E-state index is 0. The van der Waals surface area contributed by atoms with Gasteiger partial charge in [0.15, 0.2) is 5.96 Å². The van der Waals surface area contributed by atoms with Crippen LogP contribution < -0.4 is 20.7 Å². The highest BCUT2D eigenvalue weighted by Gasteiger charge is 2.24. The Bertz CT molecular complexity index is 836. The molecule has 9 heteroatoms. The van der Waals surface area contributed by atoms with Crippen molar-refractivity contribution < 1.29 is 13.9 Å². The van der Waals surface area contributed by atoms with Crippen LogP contribution in [0.2, 0.25) is 0 Å². The molecule has 0 bridgehead atoms. The van der Waals surface area contributed by atoms with Gasteiger partial charge in [0.2, 0.25) is 5.91 Å². The Morgan fingerprint density at radius 1 is 1.12 bits per heavy atom. The summed E-state index contributed by atoms with van der Waals surface area (Å²) in [6, 6.07) is 11.7. The normalized spacial score (nSPS) is 15.3. The summed E-state index contributed by atoms with van der Waals surface area (Å²) in [5, 5.41) is 9.52. The highest BCUT2D eigenvalue weighted by Crippen LogP contribution is 2.24. The average Bonchev–Trinajstić information content (AvgIpc) is 3.37. The van der Waals surface area contributed by atoms with Crippen molar-refractivity contribution >= 4 is 35.8 Å². The zero-order valence-corrected chi connectivity index (χ0v) is 21.8. The first-order valence-electron chi connectivity index (χ1n) is 11.4. The van der Waals surface area contributed by atoms with Crippen LogP contribution in [0.3, 0.4) is 0 Å². The van der Waals surface area contributed by atoms with Gasteiger partial charge in [-0.2, -0.15) is 0 Å². The Kier molecular flexibility index (Phi) is 12.1. The minimum atomic E-state index is -0.128. The monoisotopic (exact) mass is 569 g/mol. The zero-order valence-electron chi connectivity index (χ0n) is 19.5. The number of rotatable bonds is 10. The Hall–Kier alpha value is -2.27. The molecule has 1 amide bonds. The molecule has 0 aliphatic carbocycles. The summed E-state index contributed by atoms with van der Waals surface area (Å²) in [4.78, 5) is 19.2. The maximum atomic E-state index is 12.3. The van der Waals surface area contributed by atoms with Gasteiger partial charge >= 0.3 is 0 Å². The van der Waals surface area contributed by atoms with Crippen LogP contribution in [0.4, 0.5) is 0 Å². The van der Waals surface area contributed by atoms with Crippen LogP contribution in [0.1, 0.15) is 43.6 Å². The molecule has 1 atom stereocenters. The van der Waals surface area contributed by atoms with Crippen LogP contribution in [0.5, 0.6) is 5.75 Å². The lowest BCUT2D eigenvalue weighted by Crippen LogP contribution is -2.44. The third kappa shape index (κ3) is 8.88. The molecule has 8 nitrogen and oxygen atoms in total. The fourth-order valence-electron chi connectivity index (χ4n) is 3.81. The lowest BCUT2D eigenvalue weighted by Gasteiger charge is -2.33. The first kappa shape index (κ1) is 27.0. The number of nitrogens with one attached hydrogen (secondary N) is 3. The molecule has 3 rings (SSSR count). The summed E-state index contributed by atoms with van der Waals surface area (Å²) < 4.78 is 10.9. The van der Waals surface area contributed by atoms with Crippen LogP contribution >= 0.6 is 24.0 Å². The van der Waals surface area contributed by atoms with Gasteiger partial charge in [0, 0.05) is 19.6 Å². The SMILES string of the molecule is CCNC(=NCC(=O)NCc1ccc(OC)cc1)NCC(c1ccco1)N1CCCCC1.I. The average molecular weight is 569 g/mol. The van der Waals surface area contributed by atoms with E-state index in [-0.39, 0.29) is 42.5 Å². The van der Waals surface area contributed by atoms with E-state index in [1.165, 1.54) is 19.3 Å². The molecule has 0 radical (unpaired) electrons. The maximum Gasteiger partial charge on any atom is 0.242 e. The molecule has 3 N–H and O–H groups in total. The van der Waals surface area contributed by atoms with Gasteiger partial charge in [-0.15, -0.1) is 24.0 Å². The predicted octanol–water partition coefficient (Wildman–Crippen LogP) is 3.30. The smallest absolute Gasteiger partial charge is 0.242 e. The number of amides is 1. The molecule has 1 aliphatic heterocycles. The number of methoxy groups -OCH3 is 1. The van der Waals surface area contributed by atoms with Gasteiger partial charge in [-0.1, -0.05) is 18.6 Å². The zero-order chi connectivity index (χ0) is 22.6. The number of halogens is 1. The minimum Gasteiger partial charge on any atom is -0.497 e. The number of benzene rings is 1. The van der Waals surface area contributed by atoms with E-state index in [4.69, 9.17) is 9.15 Å². The summed E-state index contributed by atoms with van der Waals surface area (Å²) in [6.45, 7) is 6.03. The first-order chi connectivity index (χ1) is 15.7. The van der Waals surface area contributed by atoms with E-state index in [0.717, 1.165) is 30.2 Å². The lowest BCUT2D eigenvalue weighted by molar-refractivity contribution is -0.119. The van der Waals surface area contributed by atoms with Gasteiger partial charge in [0.1, 0.15) is 18.1 Å². The highest BCUT2D eigenvalue weighted by molar-refractivity contribution is 14.0. The maximum absolute atomic E-state index is 12.3. The number of ether oxygens (including phenoxy) is 1. The molecular formula is C24H36IN5O3. The molecule has 0 spiro atoms. The molecule has 33 heavy (non-hydrogen) atoms. The van der Waals surface area contributed by atoms with Gasteiger partial charge in [-0.3, -0.25) is 9.69 Å². The highest BCUT2D eigenvalue weighted by atomic mass is 127.